The quantitative estimate of drug-likeness (QED) is 0.837. The lowest BCUT2D eigenvalue weighted by Crippen LogP contribution is -2.39. The molecule has 1 saturated carbocycles. The van der Waals surface area contributed by atoms with E-state index in [1.54, 1.807) is 0 Å². The minimum Gasteiger partial charge on any atom is -0.316 e. The molecule has 1 fully saturated rings. The number of benzene rings is 1. The minimum absolute atomic E-state index is 0.206. The molecule has 5 heteroatoms. The molecule has 0 aliphatic heterocycles. The van der Waals surface area contributed by atoms with Crippen molar-refractivity contribution in [3.05, 3.63) is 34.9 Å². The smallest absolute Gasteiger partial charge is 0.316 e. The van der Waals surface area contributed by atoms with Crippen LogP contribution < -0.4 is 5.32 Å². The molecule has 1 atom stereocenters. The van der Waals surface area contributed by atoms with E-state index < -0.39 is 12.1 Å². The Balaban J connectivity index is 1.94. The molecular formula is C16H21ClF3N. The van der Waals surface area contributed by atoms with Crippen LogP contribution in [0.2, 0.25) is 5.02 Å². The predicted molar refractivity (Wildman–Crippen MR) is 79.5 cm³/mol. The van der Waals surface area contributed by atoms with E-state index in [-0.39, 0.29) is 18.9 Å². The summed E-state index contributed by atoms with van der Waals surface area (Å²) in [5.74, 6) is -0.815. The molecule has 1 aliphatic rings. The van der Waals surface area contributed by atoms with Gasteiger partial charge >= 0.3 is 6.18 Å². The summed E-state index contributed by atoms with van der Waals surface area (Å²) in [6, 6.07) is 7.88. The second-order valence-corrected chi connectivity index (χ2v) is 6.32. The van der Waals surface area contributed by atoms with Crippen LogP contribution in [-0.2, 0) is 6.42 Å². The van der Waals surface area contributed by atoms with Crippen LogP contribution in [0.25, 0.3) is 0 Å². The normalized spacial score (nSPS) is 24.8. The van der Waals surface area contributed by atoms with E-state index in [1.165, 1.54) is 0 Å². The summed E-state index contributed by atoms with van der Waals surface area (Å²) in [7, 11) is 1.88. The van der Waals surface area contributed by atoms with Crippen molar-refractivity contribution in [1.82, 2.24) is 5.32 Å². The maximum absolute atomic E-state index is 12.7. The maximum atomic E-state index is 12.7. The highest BCUT2D eigenvalue weighted by molar-refractivity contribution is 6.30. The molecule has 0 saturated heterocycles. The van der Waals surface area contributed by atoms with Crippen molar-refractivity contribution < 1.29 is 13.2 Å². The van der Waals surface area contributed by atoms with Crippen molar-refractivity contribution >= 4 is 11.6 Å². The third-order valence-electron chi connectivity index (χ3n) is 4.52. The van der Waals surface area contributed by atoms with E-state index in [4.69, 9.17) is 11.6 Å². The van der Waals surface area contributed by atoms with E-state index in [1.807, 2.05) is 31.3 Å². The summed E-state index contributed by atoms with van der Waals surface area (Å²) < 4.78 is 38.1. The zero-order valence-electron chi connectivity index (χ0n) is 12.1. The molecule has 118 valence electrons. The highest BCUT2D eigenvalue weighted by atomic mass is 35.5. The highest BCUT2D eigenvalue weighted by Gasteiger charge is 2.42. The highest BCUT2D eigenvalue weighted by Crippen LogP contribution is 2.40. The van der Waals surface area contributed by atoms with Gasteiger partial charge < -0.3 is 5.32 Å². The van der Waals surface area contributed by atoms with Crippen LogP contribution in [0, 0.1) is 11.8 Å². The molecule has 1 aromatic carbocycles. The second-order valence-electron chi connectivity index (χ2n) is 5.88. The number of rotatable bonds is 4. The van der Waals surface area contributed by atoms with Gasteiger partial charge in [-0.2, -0.15) is 13.2 Å². The van der Waals surface area contributed by atoms with Gasteiger partial charge in [-0.3, -0.25) is 0 Å². The average molecular weight is 320 g/mol. The average Bonchev–Trinajstić information content (AvgIpc) is 2.44. The number of hydrogen-bond acceptors (Lipinski definition) is 1. The third-order valence-corrected chi connectivity index (χ3v) is 4.75. The Hall–Kier alpha value is -0.740. The Bertz CT molecular complexity index is 453. The topological polar surface area (TPSA) is 12.0 Å². The third kappa shape index (κ3) is 4.62. The molecule has 0 heterocycles. The van der Waals surface area contributed by atoms with Crippen molar-refractivity contribution in [3.63, 3.8) is 0 Å². The molecule has 21 heavy (non-hydrogen) atoms. The largest absolute Gasteiger partial charge is 0.391 e. The fourth-order valence-electron chi connectivity index (χ4n) is 3.27. The SMILES string of the molecule is CNC(Cc1cccc(Cl)c1)C1CCC(C(F)(F)F)CC1. The Morgan fingerprint density at radius 1 is 1.24 bits per heavy atom. The van der Waals surface area contributed by atoms with Crippen LogP contribution in [0.3, 0.4) is 0 Å². The van der Waals surface area contributed by atoms with Gasteiger partial charge in [0.25, 0.3) is 0 Å². The first kappa shape index (κ1) is 16.6. The monoisotopic (exact) mass is 319 g/mol. The molecule has 1 nitrogen and oxygen atoms in total. The molecule has 0 amide bonds. The number of alkyl halides is 3. The Labute approximate surface area is 128 Å². The molecular weight excluding hydrogens is 299 g/mol. The first-order valence-electron chi connectivity index (χ1n) is 7.38. The lowest BCUT2D eigenvalue weighted by Gasteiger charge is -2.34. The van der Waals surface area contributed by atoms with Crippen LogP contribution in [0.5, 0.6) is 0 Å². The van der Waals surface area contributed by atoms with Crippen molar-refractivity contribution in [3.8, 4) is 0 Å². The molecule has 0 aromatic heterocycles. The molecule has 0 bridgehead atoms. The van der Waals surface area contributed by atoms with Gasteiger partial charge in [0.05, 0.1) is 5.92 Å². The molecule has 1 N–H and O–H groups in total. The van der Waals surface area contributed by atoms with E-state index in [2.05, 4.69) is 5.32 Å². The first-order chi connectivity index (χ1) is 9.90. The molecule has 0 spiro atoms. The van der Waals surface area contributed by atoms with Gasteiger partial charge in [0.1, 0.15) is 0 Å². The van der Waals surface area contributed by atoms with Gasteiger partial charge in [-0.15, -0.1) is 0 Å². The second kappa shape index (κ2) is 7.01. The van der Waals surface area contributed by atoms with Gasteiger partial charge in [-0.05, 0) is 62.8 Å². The summed E-state index contributed by atoms with van der Waals surface area (Å²) >= 11 is 5.98. The summed E-state index contributed by atoms with van der Waals surface area (Å²) in [4.78, 5) is 0. The van der Waals surface area contributed by atoms with E-state index in [9.17, 15) is 13.2 Å². The molecule has 1 unspecified atom stereocenters. The number of nitrogens with one attached hydrogen (secondary N) is 1. The Morgan fingerprint density at radius 3 is 2.43 bits per heavy atom. The lowest BCUT2D eigenvalue weighted by molar-refractivity contribution is -0.184. The summed E-state index contributed by atoms with van der Waals surface area (Å²) in [5, 5.41) is 3.97. The van der Waals surface area contributed by atoms with Crippen LogP contribution >= 0.6 is 11.6 Å². The van der Waals surface area contributed by atoms with Gasteiger partial charge in [-0.25, -0.2) is 0 Å². The lowest BCUT2D eigenvalue weighted by atomic mass is 9.77. The van der Waals surface area contributed by atoms with E-state index in [0.717, 1.165) is 12.0 Å². The number of likely N-dealkylation sites (N-methyl/N-ethyl adjacent to an activating group) is 1. The molecule has 1 aromatic rings. The molecule has 0 radical (unpaired) electrons. The van der Waals surface area contributed by atoms with Crippen LogP contribution in [0.15, 0.2) is 24.3 Å². The molecule has 2 rings (SSSR count). The van der Waals surface area contributed by atoms with Crippen LogP contribution in [0.4, 0.5) is 13.2 Å². The number of hydrogen-bond donors (Lipinski definition) is 1. The fourth-order valence-corrected chi connectivity index (χ4v) is 3.48. The van der Waals surface area contributed by atoms with Crippen LogP contribution in [-0.4, -0.2) is 19.3 Å². The zero-order valence-corrected chi connectivity index (χ0v) is 12.8. The summed E-state index contributed by atoms with van der Waals surface area (Å²) in [6.07, 6.45) is -1.46. The van der Waals surface area contributed by atoms with Crippen molar-refractivity contribution in [2.75, 3.05) is 7.05 Å². The summed E-state index contributed by atoms with van der Waals surface area (Å²) in [6.45, 7) is 0. The number of halogens is 4. The Kier molecular flexibility index (Phi) is 5.55. The van der Waals surface area contributed by atoms with Gasteiger partial charge in [0, 0.05) is 11.1 Å². The van der Waals surface area contributed by atoms with Gasteiger partial charge in [0.2, 0.25) is 0 Å². The van der Waals surface area contributed by atoms with E-state index >= 15 is 0 Å². The maximum Gasteiger partial charge on any atom is 0.391 e. The van der Waals surface area contributed by atoms with Crippen molar-refractivity contribution in [2.45, 2.75) is 44.3 Å². The van der Waals surface area contributed by atoms with Gasteiger partial charge in [-0.1, -0.05) is 23.7 Å². The fraction of sp³-hybridized carbons (Fsp3) is 0.625. The standard InChI is InChI=1S/C16H21ClF3N/c1-21-15(10-11-3-2-4-14(17)9-11)12-5-7-13(8-6-12)16(18,19)20/h2-4,9,12-13,15,21H,5-8,10H2,1H3. The predicted octanol–water partition coefficient (Wildman–Crippen LogP) is 4.84. The van der Waals surface area contributed by atoms with Crippen LogP contribution in [0.1, 0.15) is 31.2 Å². The van der Waals surface area contributed by atoms with Crippen molar-refractivity contribution in [1.29, 1.82) is 0 Å². The Morgan fingerprint density at radius 2 is 1.90 bits per heavy atom. The molecule has 1 aliphatic carbocycles. The zero-order chi connectivity index (χ0) is 15.5. The van der Waals surface area contributed by atoms with Crippen molar-refractivity contribution in [2.24, 2.45) is 11.8 Å². The summed E-state index contributed by atoms with van der Waals surface area (Å²) in [5.41, 5.74) is 1.12. The van der Waals surface area contributed by atoms with Gasteiger partial charge in [0.15, 0.2) is 0 Å². The van der Waals surface area contributed by atoms with E-state index in [0.29, 0.717) is 23.8 Å². The minimum atomic E-state index is -4.03. The first-order valence-corrected chi connectivity index (χ1v) is 7.76.